The molecule has 3 aromatic rings. The van der Waals surface area contributed by atoms with Gasteiger partial charge in [0.1, 0.15) is 12.4 Å². The summed E-state index contributed by atoms with van der Waals surface area (Å²) in [7, 11) is 0. The Morgan fingerprint density at radius 1 is 0.903 bits per heavy atom. The molecule has 3 aromatic carbocycles. The average Bonchev–Trinajstić information content (AvgIpc) is 2.81. The molecule has 0 aliphatic carbocycles. The van der Waals surface area contributed by atoms with Crippen molar-refractivity contribution < 1.29 is 9.66 Å². The number of non-ortho nitro benzene ring substituents is 1. The van der Waals surface area contributed by atoms with E-state index >= 15 is 0 Å². The molecule has 0 N–H and O–H groups in total. The molecule has 0 unspecified atom stereocenters. The summed E-state index contributed by atoms with van der Waals surface area (Å²) in [6.45, 7) is 1.73. The van der Waals surface area contributed by atoms with Gasteiger partial charge in [0.2, 0.25) is 0 Å². The molecular formula is C23H21N5O3. The molecule has 0 saturated heterocycles. The number of anilines is 1. The van der Waals surface area contributed by atoms with Crippen molar-refractivity contribution in [2.45, 2.75) is 6.42 Å². The monoisotopic (exact) mass is 415 g/mol. The molecule has 0 radical (unpaired) electrons. The maximum Gasteiger partial charge on any atom is 0.269 e. The minimum Gasteiger partial charge on any atom is -0.492 e. The summed E-state index contributed by atoms with van der Waals surface area (Å²) in [5.74, 6) is 0.810. The lowest BCUT2D eigenvalue weighted by Crippen LogP contribution is -2.29. The van der Waals surface area contributed by atoms with Crippen LogP contribution in [0.5, 0.6) is 5.75 Å². The zero-order valence-corrected chi connectivity index (χ0v) is 16.8. The van der Waals surface area contributed by atoms with Crippen molar-refractivity contribution >= 4 is 22.7 Å². The van der Waals surface area contributed by atoms with Gasteiger partial charge in [-0.05, 0) is 48.5 Å². The highest BCUT2D eigenvalue weighted by molar-refractivity contribution is 5.53. The number of rotatable bonds is 10. The Kier molecular flexibility index (Phi) is 7.66. The summed E-state index contributed by atoms with van der Waals surface area (Å²) in [5, 5.41) is 28.0. The van der Waals surface area contributed by atoms with Gasteiger partial charge in [-0.1, -0.05) is 18.2 Å². The SMILES string of the molecule is N#CCCN(CCOc1ccccc1)c1ccc(N=Nc2ccc([N+](=O)[O-])cc2)cc1. The number of ether oxygens (including phenoxy) is 1. The third kappa shape index (κ3) is 6.65. The fourth-order valence-electron chi connectivity index (χ4n) is 2.83. The lowest BCUT2D eigenvalue weighted by atomic mass is 10.2. The van der Waals surface area contributed by atoms with Gasteiger partial charge < -0.3 is 9.64 Å². The second kappa shape index (κ2) is 11.1. The molecule has 0 heterocycles. The predicted octanol–water partition coefficient (Wildman–Crippen LogP) is 5.81. The molecule has 0 aromatic heterocycles. The van der Waals surface area contributed by atoms with Gasteiger partial charge in [0.25, 0.3) is 5.69 Å². The highest BCUT2D eigenvalue weighted by Gasteiger charge is 2.07. The minimum absolute atomic E-state index is 0.0111. The van der Waals surface area contributed by atoms with Crippen molar-refractivity contribution in [3.8, 4) is 11.8 Å². The number of benzene rings is 3. The van der Waals surface area contributed by atoms with Crippen molar-refractivity contribution in [1.82, 2.24) is 0 Å². The van der Waals surface area contributed by atoms with Gasteiger partial charge in [-0.2, -0.15) is 15.5 Å². The van der Waals surface area contributed by atoms with Gasteiger partial charge in [0, 0.05) is 24.4 Å². The van der Waals surface area contributed by atoms with E-state index in [-0.39, 0.29) is 5.69 Å². The fourth-order valence-corrected chi connectivity index (χ4v) is 2.83. The molecule has 0 bridgehead atoms. The third-order valence-corrected chi connectivity index (χ3v) is 4.42. The van der Waals surface area contributed by atoms with Crippen LogP contribution in [0.2, 0.25) is 0 Å². The summed E-state index contributed by atoms with van der Waals surface area (Å²) >= 11 is 0. The molecule has 3 rings (SSSR count). The van der Waals surface area contributed by atoms with Crippen molar-refractivity contribution in [2.75, 3.05) is 24.6 Å². The Labute approximate surface area is 180 Å². The second-order valence-corrected chi connectivity index (χ2v) is 6.55. The van der Waals surface area contributed by atoms with E-state index < -0.39 is 4.92 Å². The molecule has 31 heavy (non-hydrogen) atoms. The van der Waals surface area contributed by atoms with Crippen molar-refractivity contribution in [2.24, 2.45) is 10.2 Å². The molecule has 0 saturated carbocycles. The number of azo groups is 1. The lowest BCUT2D eigenvalue weighted by molar-refractivity contribution is -0.384. The van der Waals surface area contributed by atoms with Crippen molar-refractivity contribution in [1.29, 1.82) is 5.26 Å². The van der Waals surface area contributed by atoms with Crippen LogP contribution in [0.15, 0.2) is 89.1 Å². The normalized spacial score (nSPS) is 10.5. The summed E-state index contributed by atoms with van der Waals surface area (Å²) < 4.78 is 5.77. The van der Waals surface area contributed by atoms with Crippen LogP contribution in [0.3, 0.4) is 0 Å². The van der Waals surface area contributed by atoms with Gasteiger partial charge in [-0.3, -0.25) is 10.1 Å². The van der Waals surface area contributed by atoms with Gasteiger partial charge in [0.15, 0.2) is 0 Å². The Bertz CT molecular complexity index is 1050. The summed E-state index contributed by atoms with van der Waals surface area (Å²) in [5.41, 5.74) is 2.16. The number of para-hydroxylation sites is 1. The van der Waals surface area contributed by atoms with Crippen LogP contribution in [-0.4, -0.2) is 24.6 Å². The zero-order chi connectivity index (χ0) is 21.9. The topological polar surface area (TPSA) is 104 Å². The second-order valence-electron chi connectivity index (χ2n) is 6.55. The maximum atomic E-state index is 10.7. The van der Waals surface area contributed by atoms with E-state index in [0.29, 0.717) is 37.5 Å². The number of hydrogen-bond donors (Lipinski definition) is 0. The fraction of sp³-hybridized carbons (Fsp3) is 0.174. The number of nitrogens with zero attached hydrogens (tertiary/aromatic N) is 5. The first-order valence-corrected chi connectivity index (χ1v) is 9.72. The van der Waals surface area contributed by atoms with E-state index in [2.05, 4.69) is 21.2 Å². The van der Waals surface area contributed by atoms with Gasteiger partial charge in [-0.15, -0.1) is 0 Å². The molecule has 0 aliphatic rings. The molecule has 0 spiro atoms. The Morgan fingerprint density at radius 3 is 2.10 bits per heavy atom. The van der Waals surface area contributed by atoms with E-state index in [0.717, 1.165) is 11.4 Å². The molecule has 0 aliphatic heterocycles. The quantitative estimate of drug-likeness (QED) is 0.236. The van der Waals surface area contributed by atoms with Crippen LogP contribution in [0.1, 0.15) is 6.42 Å². The summed E-state index contributed by atoms with van der Waals surface area (Å²) in [4.78, 5) is 12.3. The lowest BCUT2D eigenvalue weighted by Gasteiger charge is -2.24. The zero-order valence-electron chi connectivity index (χ0n) is 16.8. The van der Waals surface area contributed by atoms with E-state index in [1.165, 1.54) is 12.1 Å². The van der Waals surface area contributed by atoms with Gasteiger partial charge in [0.05, 0.1) is 35.3 Å². The number of hydrogen-bond acceptors (Lipinski definition) is 7. The van der Waals surface area contributed by atoms with Crippen LogP contribution >= 0.6 is 0 Å². The molecule has 0 atom stereocenters. The van der Waals surface area contributed by atoms with Gasteiger partial charge >= 0.3 is 0 Å². The molecule has 0 fully saturated rings. The predicted molar refractivity (Wildman–Crippen MR) is 118 cm³/mol. The Hall–Kier alpha value is -4.25. The van der Waals surface area contributed by atoms with Crippen molar-refractivity contribution in [3.63, 3.8) is 0 Å². The standard InChI is InChI=1S/C23H21N5O3/c24-15-4-16-27(17-18-31-23-5-2-1-3-6-23)21-11-7-19(8-12-21)25-26-20-9-13-22(14-10-20)28(29)30/h1-3,5-14H,4,16-18H2. The minimum atomic E-state index is -0.456. The first-order valence-electron chi connectivity index (χ1n) is 9.72. The van der Waals surface area contributed by atoms with Crippen molar-refractivity contribution in [3.05, 3.63) is 89.0 Å². The van der Waals surface area contributed by atoms with Crippen LogP contribution in [0.4, 0.5) is 22.7 Å². The molecule has 156 valence electrons. The average molecular weight is 415 g/mol. The highest BCUT2D eigenvalue weighted by atomic mass is 16.6. The third-order valence-electron chi connectivity index (χ3n) is 4.42. The van der Waals surface area contributed by atoms with E-state index in [9.17, 15) is 10.1 Å². The van der Waals surface area contributed by atoms with E-state index in [4.69, 9.17) is 10.00 Å². The number of nitro benzene ring substituents is 1. The first kappa shape index (κ1) is 21.5. The van der Waals surface area contributed by atoms with Gasteiger partial charge in [-0.25, -0.2) is 0 Å². The molecule has 8 nitrogen and oxygen atoms in total. The van der Waals surface area contributed by atoms with Crippen LogP contribution < -0.4 is 9.64 Å². The maximum absolute atomic E-state index is 10.7. The Morgan fingerprint density at radius 2 is 1.52 bits per heavy atom. The van der Waals surface area contributed by atoms with Crippen LogP contribution in [0.25, 0.3) is 0 Å². The molecule has 0 amide bonds. The smallest absolute Gasteiger partial charge is 0.269 e. The largest absolute Gasteiger partial charge is 0.492 e. The highest BCUT2D eigenvalue weighted by Crippen LogP contribution is 2.24. The molecular weight excluding hydrogens is 394 g/mol. The Balaban J connectivity index is 1.61. The number of nitriles is 1. The van der Waals surface area contributed by atoms with E-state index in [1.54, 1.807) is 12.1 Å². The summed E-state index contributed by atoms with van der Waals surface area (Å²) in [6, 6.07) is 25.2. The molecule has 8 heteroatoms. The van der Waals surface area contributed by atoms with E-state index in [1.807, 2.05) is 54.6 Å². The first-order chi connectivity index (χ1) is 15.2. The van der Waals surface area contributed by atoms with Crippen LogP contribution in [0, 0.1) is 21.4 Å². The van der Waals surface area contributed by atoms with Crippen LogP contribution in [-0.2, 0) is 0 Å². The number of nitro groups is 1. The summed E-state index contributed by atoms with van der Waals surface area (Å²) in [6.07, 6.45) is 0.410.